The predicted octanol–water partition coefficient (Wildman–Crippen LogP) is 3.83. The van der Waals surface area contributed by atoms with Crippen molar-refractivity contribution in [2.45, 2.75) is 45.2 Å². The molecule has 0 spiro atoms. The molecule has 0 aromatic heterocycles. The zero-order chi connectivity index (χ0) is 14.4. The van der Waals surface area contributed by atoms with Gasteiger partial charge in [-0.1, -0.05) is 24.1 Å². The van der Waals surface area contributed by atoms with E-state index in [0.29, 0.717) is 17.1 Å². The molecular weight excluding hydrogens is 275 g/mol. The molecule has 1 fully saturated rings. The summed E-state index contributed by atoms with van der Waals surface area (Å²) in [7, 11) is 0. The third kappa shape index (κ3) is 4.72. The molecule has 1 unspecified atom stereocenters. The minimum absolute atomic E-state index is 0.227. The summed E-state index contributed by atoms with van der Waals surface area (Å²) >= 11 is 5.73. The van der Waals surface area contributed by atoms with E-state index in [-0.39, 0.29) is 5.82 Å². The van der Waals surface area contributed by atoms with Crippen molar-refractivity contribution in [3.63, 3.8) is 0 Å². The smallest absolute Gasteiger partial charge is 0.129 e. The molecule has 0 amide bonds. The van der Waals surface area contributed by atoms with Gasteiger partial charge in [-0.05, 0) is 58.0 Å². The number of halogens is 2. The molecule has 2 rings (SSSR count). The third-order valence-electron chi connectivity index (χ3n) is 4.07. The Hall–Kier alpha value is -0.640. The van der Waals surface area contributed by atoms with Crippen LogP contribution in [0.3, 0.4) is 0 Å². The number of hydrogen-bond acceptors (Lipinski definition) is 2. The predicted molar refractivity (Wildman–Crippen MR) is 82.6 cm³/mol. The van der Waals surface area contributed by atoms with Gasteiger partial charge in [0.2, 0.25) is 0 Å². The summed E-state index contributed by atoms with van der Waals surface area (Å²) in [5, 5.41) is 3.76. The van der Waals surface area contributed by atoms with Gasteiger partial charge < -0.3 is 10.2 Å². The first-order chi connectivity index (χ1) is 9.66. The molecule has 0 aliphatic carbocycles. The number of nitrogens with one attached hydrogen (secondary N) is 1. The van der Waals surface area contributed by atoms with Crippen molar-refractivity contribution in [2.75, 3.05) is 19.6 Å². The standard InChI is InChI=1S/C16H24ClFN2/c1-13-5-2-3-9-20(13)10-4-8-19-12-14-6-7-15(17)11-16(14)18/h6-7,11,13,19H,2-5,8-10,12H2,1H3. The number of hydrogen-bond donors (Lipinski definition) is 1. The Kier molecular flexibility index (Phi) is 6.27. The fourth-order valence-electron chi connectivity index (χ4n) is 2.79. The fraction of sp³-hybridized carbons (Fsp3) is 0.625. The molecule has 1 heterocycles. The van der Waals surface area contributed by atoms with E-state index in [4.69, 9.17) is 11.6 Å². The lowest BCUT2D eigenvalue weighted by Gasteiger charge is -2.33. The minimum atomic E-state index is -0.227. The third-order valence-corrected chi connectivity index (χ3v) is 4.31. The highest BCUT2D eigenvalue weighted by atomic mass is 35.5. The van der Waals surface area contributed by atoms with E-state index >= 15 is 0 Å². The van der Waals surface area contributed by atoms with Crippen LogP contribution in [0.25, 0.3) is 0 Å². The average molecular weight is 299 g/mol. The van der Waals surface area contributed by atoms with Gasteiger partial charge in [-0.25, -0.2) is 4.39 Å². The molecule has 0 bridgehead atoms. The SMILES string of the molecule is CC1CCCCN1CCCNCc1ccc(Cl)cc1F. The van der Waals surface area contributed by atoms with Gasteiger partial charge in [0.05, 0.1) is 0 Å². The maximum absolute atomic E-state index is 13.6. The Morgan fingerprint density at radius 3 is 3.00 bits per heavy atom. The van der Waals surface area contributed by atoms with E-state index in [1.165, 1.54) is 31.9 Å². The van der Waals surface area contributed by atoms with Crippen molar-refractivity contribution in [2.24, 2.45) is 0 Å². The first-order valence-corrected chi connectivity index (χ1v) is 7.93. The largest absolute Gasteiger partial charge is 0.313 e. The van der Waals surface area contributed by atoms with E-state index in [1.807, 2.05) is 0 Å². The van der Waals surface area contributed by atoms with Crippen LogP contribution in [-0.4, -0.2) is 30.6 Å². The molecule has 112 valence electrons. The van der Waals surface area contributed by atoms with Crippen LogP contribution < -0.4 is 5.32 Å². The van der Waals surface area contributed by atoms with Gasteiger partial charge in [0.25, 0.3) is 0 Å². The summed E-state index contributed by atoms with van der Waals surface area (Å²) in [6.07, 6.45) is 5.13. The normalized spacial score (nSPS) is 20.2. The highest BCUT2D eigenvalue weighted by molar-refractivity contribution is 6.30. The van der Waals surface area contributed by atoms with Gasteiger partial charge >= 0.3 is 0 Å². The molecule has 0 saturated carbocycles. The molecule has 1 aromatic carbocycles. The van der Waals surface area contributed by atoms with Crippen LogP contribution in [0.15, 0.2) is 18.2 Å². The molecule has 1 aliphatic heterocycles. The highest BCUT2D eigenvalue weighted by Crippen LogP contribution is 2.16. The van der Waals surface area contributed by atoms with Crippen molar-refractivity contribution < 1.29 is 4.39 Å². The highest BCUT2D eigenvalue weighted by Gasteiger charge is 2.16. The molecule has 0 radical (unpaired) electrons. The van der Waals surface area contributed by atoms with E-state index < -0.39 is 0 Å². The van der Waals surface area contributed by atoms with Gasteiger partial charge in [0.15, 0.2) is 0 Å². The van der Waals surface area contributed by atoms with Gasteiger partial charge in [-0.3, -0.25) is 0 Å². The molecule has 4 heteroatoms. The van der Waals surface area contributed by atoms with Gasteiger partial charge in [-0.2, -0.15) is 0 Å². The van der Waals surface area contributed by atoms with Crippen LogP contribution in [0.4, 0.5) is 4.39 Å². The number of nitrogens with zero attached hydrogens (tertiary/aromatic N) is 1. The summed E-state index contributed by atoms with van der Waals surface area (Å²) < 4.78 is 13.6. The number of piperidine rings is 1. The minimum Gasteiger partial charge on any atom is -0.313 e. The fourth-order valence-corrected chi connectivity index (χ4v) is 2.94. The molecule has 1 N–H and O–H groups in total. The zero-order valence-electron chi connectivity index (χ0n) is 12.2. The molecule has 1 aromatic rings. The van der Waals surface area contributed by atoms with Crippen LogP contribution in [0.1, 0.15) is 38.2 Å². The Bertz CT molecular complexity index is 425. The van der Waals surface area contributed by atoms with Gasteiger partial charge in [0, 0.05) is 23.2 Å². The van der Waals surface area contributed by atoms with E-state index in [2.05, 4.69) is 17.1 Å². The van der Waals surface area contributed by atoms with Crippen LogP contribution in [0.5, 0.6) is 0 Å². The second-order valence-corrected chi connectivity index (χ2v) is 6.08. The second kappa shape index (κ2) is 7.96. The molecule has 2 nitrogen and oxygen atoms in total. The topological polar surface area (TPSA) is 15.3 Å². The molecule has 1 aliphatic rings. The second-order valence-electron chi connectivity index (χ2n) is 5.65. The molecule has 1 atom stereocenters. The molecule has 1 saturated heterocycles. The van der Waals surface area contributed by atoms with Crippen LogP contribution in [0, 0.1) is 5.82 Å². The Labute approximate surface area is 126 Å². The van der Waals surface area contributed by atoms with Crippen LogP contribution in [-0.2, 0) is 6.54 Å². The maximum Gasteiger partial charge on any atom is 0.129 e. The lowest BCUT2D eigenvalue weighted by molar-refractivity contribution is 0.159. The van der Waals surface area contributed by atoms with Crippen LogP contribution in [0.2, 0.25) is 5.02 Å². The van der Waals surface area contributed by atoms with Crippen molar-refractivity contribution >= 4 is 11.6 Å². The maximum atomic E-state index is 13.6. The van der Waals surface area contributed by atoms with Gasteiger partial charge in [0.1, 0.15) is 5.82 Å². The average Bonchev–Trinajstić information content (AvgIpc) is 2.42. The van der Waals surface area contributed by atoms with Crippen molar-refractivity contribution in [1.29, 1.82) is 0 Å². The Balaban J connectivity index is 1.64. The van der Waals surface area contributed by atoms with Gasteiger partial charge in [-0.15, -0.1) is 0 Å². The Morgan fingerprint density at radius 2 is 2.25 bits per heavy atom. The lowest BCUT2D eigenvalue weighted by atomic mass is 10.0. The van der Waals surface area contributed by atoms with Crippen LogP contribution >= 0.6 is 11.6 Å². The van der Waals surface area contributed by atoms with Crippen molar-refractivity contribution in [3.05, 3.63) is 34.6 Å². The quantitative estimate of drug-likeness (QED) is 0.803. The van der Waals surface area contributed by atoms with E-state index in [1.54, 1.807) is 12.1 Å². The lowest BCUT2D eigenvalue weighted by Crippen LogP contribution is -2.38. The van der Waals surface area contributed by atoms with Crippen molar-refractivity contribution in [1.82, 2.24) is 10.2 Å². The molecular formula is C16H24ClFN2. The Morgan fingerprint density at radius 1 is 1.40 bits per heavy atom. The van der Waals surface area contributed by atoms with Crippen molar-refractivity contribution in [3.8, 4) is 0 Å². The monoisotopic (exact) mass is 298 g/mol. The first kappa shape index (κ1) is 15.7. The summed E-state index contributed by atoms with van der Waals surface area (Å²) in [6, 6.07) is 5.57. The summed E-state index contributed by atoms with van der Waals surface area (Å²) in [5.74, 6) is -0.227. The summed E-state index contributed by atoms with van der Waals surface area (Å²) in [6.45, 7) is 6.17. The number of likely N-dealkylation sites (tertiary alicyclic amines) is 1. The summed E-state index contributed by atoms with van der Waals surface area (Å²) in [4.78, 5) is 2.56. The van der Waals surface area contributed by atoms with E-state index in [9.17, 15) is 4.39 Å². The molecule has 20 heavy (non-hydrogen) atoms. The first-order valence-electron chi connectivity index (χ1n) is 7.55. The van der Waals surface area contributed by atoms with E-state index in [0.717, 1.165) is 25.6 Å². The number of rotatable bonds is 6. The summed E-state index contributed by atoms with van der Waals surface area (Å²) in [5.41, 5.74) is 0.681. The zero-order valence-corrected chi connectivity index (χ0v) is 12.9. The number of benzene rings is 1.